The lowest BCUT2D eigenvalue weighted by atomic mass is 9.83. The van der Waals surface area contributed by atoms with E-state index in [0.717, 1.165) is 28.3 Å². The number of anilines is 1. The van der Waals surface area contributed by atoms with E-state index in [0.29, 0.717) is 12.5 Å². The third-order valence-corrected chi connectivity index (χ3v) is 4.75. The lowest BCUT2D eigenvalue weighted by molar-refractivity contribution is 0.128. The van der Waals surface area contributed by atoms with Crippen molar-refractivity contribution in [1.82, 2.24) is 0 Å². The first-order valence-corrected chi connectivity index (χ1v) is 8.95. The van der Waals surface area contributed by atoms with Gasteiger partial charge in [-0.1, -0.05) is 36.6 Å². The fraction of sp³-hybridized carbons (Fsp3) is 0.381. The molecule has 1 fully saturated rings. The minimum atomic E-state index is 0.451. The second-order valence-corrected chi connectivity index (χ2v) is 6.55. The molecule has 0 heterocycles. The van der Waals surface area contributed by atoms with E-state index in [1.54, 1.807) is 7.11 Å². The highest BCUT2D eigenvalue weighted by atomic mass is 16.6. The maximum atomic E-state index is 5.72. The summed E-state index contributed by atoms with van der Waals surface area (Å²) in [5.74, 6) is 1.32. The van der Waals surface area contributed by atoms with E-state index in [4.69, 9.17) is 15.3 Å². The Hall–Kier alpha value is -2.49. The summed E-state index contributed by atoms with van der Waals surface area (Å²) in [6.07, 6.45) is 6.19. The van der Waals surface area contributed by atoms with Crippen molar-refractivity contribution in [2.75, 3.05) is 12.8 Å². The molecule has 0 bridgehead atoms. The van der Waals surface area contributed by atoms with Gasteiger partial charge in [0.2, 0.25) is 0 Å². The highest BCUT2D eigenvalue weighted by Crippen LogP contribution is 2.28. The molecule has 4 heteroatoms. The van der Waals surface area contributed by atoms with E-state index >= 15 is 0 Å². The van der Waals surface area contributed by atoms with Gasteiger partial charge in [0.05, 0.1) is 12.8 Å². The monoisotopic (exact) mass is 338 g/mol. The van der Waals surface area contributed by atoms with Crippen molar-refractivity contribution >= 4 is 11.4 Å². The van der Waals surface area contributed by atoms with Gasteiger partial charge in [0.1, 0.15) is 12.4 Å². The molecule has 1 aliphatic rings. The third-order valence-electron chi connectivity index (χ3n) is 4.75. The molecule has 2 N–H and O–H groups in total. The summed E-state index contributed by atoms with van der Waals surface area (Å²) in [6, 6.07) is 15.8. The minimum absolute atomic E-state index is 0.451. The normalized spacial score (nSPS) is 15.8. The molecule has 4 nitrogen and oxygen atoms in total. The predicted molar refractivity (Wildman–Crippen MR) is 102 cm³/mol. The average Bonchev–Trinajstić information content (AvgIpc) is 2.67. The topological polar surface area (TPSA) is 56.8 Å². The predicted octanol–water partition coefficient (Wildman–Crippen LogP) is 4.78. The summed E-state index contributed by atoms with van der Waals surface area (Å²) < 4.78 is 5.26. The van der Waals surface area contributed by atoms with Gasteiger partial charge in [0.15, 0.2) is 0 Å². The van der Waals surface area contributed by atoms with Crippen molar-refractivity contribution in [2.24, 2.45) is 11.1 Å². The molecule has 1 saturated carbocycles. The number of ether oxygens (including phenoxy) is 1. The van der Waals surface area contributed by atoms with E-state index in [1.165, 1.54) is 32.1 Å². The number of rotatable bonds is 6. The number of nitrogens with two attached hydrogens (primary N) is 1. The van der Waals surface area contributed by atoms with E-state index in [1.807, 2.05) is 36.4 Å². The number of nitrogens with zero attached hydrogens (tertiary/aromatic N) is 1. The Morgan fingerprint density at radius 2 is 1.68 bits per heavy atom. The Morgan fingerprint density at radius 3 is 2.32 bits per heavy atom. The Kier molecular flexibility index (Phi) is 5.94. The lowest BCUT2D eigenvalue weighted by Crippen LogP contribution is -2.19. The van der Waals surface area contributed by atoms with Gasteiger partial charge >= 0.3 is 0 Å². The molecule has 2 aromatic rings. The van der Waals surface area contributed by atoms with Gasteiger partial charge in [0, 0.05) is 11.6 Å². The highest BCUT2D eigenvalue weighted by Gasteiger charge is 2.21. The van der Waals surface area contributed by atoms with Crippen LogP contribution in [-0.4, -0.2) is 12.8 Å². The smallest absolute Gasteiger partial charge is 0.142 e. The highest BCUT2D eigenvalue weighted by molar-refractivity contribution is 6.02. The zero-order valence-electron chi connectivity index (χ0n) is 14.8. The molecule has 0 amide bonds. The van der Waals surface area contributed by atoms with Gasteiger partial charge in [-0.15, -0.1) is 0 Å². The maximum absolute atomic E-state index is 5.72. The van der Waals surface area contributed by atoms with E-state index in [9.17, 15) is 0 Å². The summed E-state index contributed by atoms with van der Waals surface area (Å²) in [4.78, 5) is 5.70. The first kappa shape index (κ1) is 17.3. The van der Waals surface area contributed by atoms with E-state index in [-0.39, 0.29) is 0 Å². The fourth-order valence-corrected chi connectivity index (χ4v) is 3.29. The number of hydrogen-bond acceptors (Lipinski definition) is 4. The minimum Gasteiger partial charge on any atom is -0.497 e. The summed E-state index contributed by atoms with van der Waals surface area (Å²) in [5.41, 5.74) is 9.71. The quantitative estimate of drug-likeness (QED) is 0.468. The van der Waals surface area contributed by atoms with Gasteiger partial charge in [-0.05, 0) is 60.4 Å². The Bertz CT molecular complexity index is 687. The van der Waals surface area contributed by atoms with E-state index < -0.39 is 0 Å². The molecular formula is C21H26N2O2. The van der Waals surface area contributed by atoms with Crippen LogP contribution >= 0.6 is 0 Å². The van der Waals surface area contributed by atoms with Gasteiger partial charge in [-0.25, -0.2) is 0 Å². The molecule has 2 aromatic carbocycles. The zero-order chi connectivity index (χ0) is 17.5. The maximum Gasteiger partial charge on any atom is 0.142 e. The average molecular weight is 338 g/mol. The first-order chi connectivity index (χ1) is 12.3. The lowest BCUT2D eigenvalue weighted by Gasteiger charge is -2.23. The molecule has 0 atom stereocenters. The van der Waals surface area contributed by atoms with Crippen LogP contribution in [0.2, 0.25) is 0 Å². The molecular weight excluding hydrogens is 312 g/mol. The van der Waals surface area contributed by atoms with Crippen LogP contribution in [-0.2, 0) is 11.4 Å². The summed E-state index contributed by atoms with van der Waals surface area (Å²) in [6.45, 7) is 0.451. The standard InChI is InChI=1S/C21H26N2O2/c1-24-20-13-9-18(10-14-20)21(17-5-3-2-4-6-17)23-25-15-16-7-11-19(22)12-8-16/h7-14,17H,2-6,15,22H2,1H3/b23-21+. The number of benzene rings is 2. The van der Waals surface area contributed by atoms with Crippen molar-refractivity contribution in [3.63, 3.8) is 0 Å². The largest absolute Gasteiger partial charge is 0.497 e. The van der Waals surface area contributed by atoms with Crippen LogP contribution in [0, 0.1) is 5.92 Å². The molecule has 3 rings (SSSR count). The van der Waals surface area contributed by atoms with Crippen molar-refractivity contribution in [3.05, 3.63) is 59.7 Å². The van der Waals surface area contributed by atoms with Gasteiger partial charge in [-0.2, -0.15) is 0 Å². The number of hydrogen-bond donors (Lipinski definition) is 1. The van der Waals surface area contributed by atoms with Crippen LogP contribution < -0.4 is 10.5 Å². The van der Waals surface area contributed by atoms with Crippen molar-refractivity contribution in [3.8, 4) is 5.75 Å². The van der Waals surface area contributed by atoms with Crippen molar-refractivity contribution in [2.45, 2.75) is 38.7 Å². The van der Waals surface area contributed by atoms with Crippen molar-refractivity contribution < 1.29 is 9.57 Å². The summed E-state index contributed by atoms with van der Waals surface area (Å²) >= 11 is 0. The second-order valence-electron chi connectivity index (χ2n) is 6.55. The number of methoxy groups -OCH3 is 1. The van der Waals surface area contributed by atoms with Gasteiger partial charge < -0.3 is 15.3 Å². The van der Waals surface area contributed by atoms with Gasteiger partial charge in [-0.3, -0.25) is 0 Å². The Balaban J connectivity index is 1.75. The van der Waals surface area contributed by atoms with Crippen molar-refractivity contribution in [1.29, 1.82) is 0 Å². The number of nitrogen functional groups attached to an aromatic ring is 1. The van der Waals surface area contributed by atoms with Crippen LogP contribution in [0.25, 0.3) is 0 Å². The molecule has 25 heavy (non-hydrogen) atoms. The van der Waals surface area contributed by atoms with Crippen LogP contribution in [0.4, 0.5) is 5.69 Å². The molecule has 0 saturated heterocycles. The van der Waals surface area contributed by atoms with Crippen LogP contribution in [0.1, 0.15) is 43.2 Å². The van der Waals surface area contributed by atoms with Gasteiger partial charge in [0.25, 0.3) is 0 Å². The molecule has 1 aliphatic carbocycles. The van der Waals surface area contributed by atoms with Crippen LogP contribution in [0.15, 0.2) is 53.7 Å². The third kappa shape index (κ3) is 4.75. The molecule has 0 unspecified atom stereocenters. The molecule has 0 radical (unpaired) electrons. The Morgan fingerprint density at radius 1 is 1.00 bits per heavy atom. The molecule has 0 aromatic heterocycles. The molecule has 0 spiro atoms. The molecule has 132 valence electrons. The second kappa shape index (κ2) is 8.56. The zero-order valence-corrected chi connectivity index (χ0v) is 14.8. The Labute approximate surface area is 149 Å². The first-order valence-electron chi connectivity index (χ1n) is 8.95. The molecule has 0 aliphatic heterocycles. The van der Waals surface area contributed by atoms with Crippen LogP contribution in [0.5, 0.6) is 5.75 Å². The van der Waals surface area contributed by atoms with Crippen LogP contribution in [0.3, 0.4) is 0 Å². The van der Waals surface area contributed by atoms with E-state index in [2.05, 4.69) is 17.3 Å². The fourth-order valence-electron chi connectivity index (χ4n) is 3.29. The summed E-state index contributed by atoms with van der Waals surface area (Å²) in [5, 5.41) is 4.54. The SMILES string of the molecule is COc1ccc(/C(=N/OCc2ccc(N)cc2)C2CCCCC2)cc1. The number of oxime groups is 1. The summed E-state index contributed by atoms with van der Waals surface area (Å²) in [7, 11) is 1.68.